The van der Waals surface area contributed by atoms with Gasteiger partial charge in [-0.1, -0.05) is 18.2 Å². The number of phenols is 1. The molecule has 6 heteroatoms. The highest BCUT2D eigenvalue weighted by Crippen LogP contribution is 2.50. The molecule has 2 atom stereocenters. The highest BCUT2D eigenvalue weighted by molar-refractivity contribution is 5.45. The van der Waals surface area contributed by atoms with E-state index in [0.29, 0.717) is 25.4 Å². The minimum atomic E-state index is -2.52. The lowest BCUT2D eigenvalue weighted by Gasteiger charge is -2.41. The summed E-state index contributed by atoms with van der Waals surface area (Å²) in [5, 5.41) is 10.0. The zero-order chi connectivity index (χ0) is 23.7. The number of fused-ring (bicyclic) bond motifs is 1. The molecule has 5 rings (SSSR count). The van der Waals surface area contributed by atoms with Gasteiger partial charge in [-0.05, 0) is 78.5 Å². The Balaban J connectivity index is 1.30. The molecule has 2 aliphatic carbocycles. The third-order valence-corrected chi connectivity index (χ3v) is 8.17. The van der Waals surface area contributed by atoms with Crippen molar-refractivity contribution in [3.05, 3.63) is 59.2 Å². The van der Waals surface area contributed by atoms with Crippen molar-refractivity contribution < 1.29 is 23.0 Å². The first-order valence-electron chi connectivity index (χ1n) is 12.6. The van der Waals surface area contributed by atoms with Gasteiger partial charge in [0, 0.05) is 44.3 Å². The van der Waals surface area contributed by atoms with Gasteiger partial charge in [-0.2, -0.15) is 0 Å². The molecule has 0 bridgehead atoms. The number of alkyl halides is 3. The van der Waals surface area contributed by atoms with Crippen LogP contribution in [0, 0.1) is 17.8 Å². The van der Waals surface area contributed by atoms with E-state index in [9.17, 15) is 18.3 Å². The van der Waals surface area contributed by atoms with E-state index >= 15 is 0 Å². The van der Waals surface area contributed by atoms with Crippen LogP contribution < -0.4 is 4.74 Å². The van der Waals surface area contributed by atoms with Gasteiger partial charge in [-0.25, -0.2) is 8.78 Å². The molecule has 0 radical (unpaired) electrons. The largest absolute Gasteiger partial charge is 0.508 e. The fourth-order valence-corrected chi connectivity index (χ4v) is 6.28. The van der Waals surface area contributed by atoms with Crippen LogP contribution in [0.1, 0.15) is 54.7 Å². The average Bonchev–Trinajstić information content (AvgIpc) is 2.80. The third kappa shape index (κ3) is 5.07. The number of ether oxygens (including phenoxy) is 1. The Labute approximate surface area is 199 Å². The number of hydrogen-bond donors (Lipinski definition) is 1. The number of phenolic OH excluding ortho intramolecular Hbond substituents is 1. The molecule has 1 unspecified atom stereocenters. The molecule has 3 aliphatic rings. The van der Waals surface area contributed by atoms with Crippen molar-refractivity contribution in [1.29, 1.82) is 0 Å². The van der Waals surface area contributed by atoms with E-state index in [2.05, 4.69) is 17.0 Å². The lowest BCUT2D eigenvalue weighted by molar-refractivity contribution is -0.0539. The van der Waals surface area contributed by atoms with Crippen molar-refractivity contribution in [3.8, 4) is 11.5 Å². The first-order chi connectivity index (χ1) is 16.4. The van der Waals surface area contributed by atoms with Crippen LogP contribution in [0.5, 0.6) is 11.5 Å². The van der Waals surface area contributed by atoms with E-state index in [1.54, 1.807) is 6.07 Å². The first-order valence-corrected chi connectivity index (χ1v) is 12.6. The summed E-state index contributed by atoms with van der Waals surface area (Å²) in [6.45, 7) is 2.75. The zero-order valence-corrected chi connectivity index (χ0v) is 19.6. The van der Waals surface area contributed by atoms with Gasteiger partial charge in [0.2, 0.25) is 5.92 Å². The number of aromatic hydroxyl groups is 1. The van der Waals surface area contributed by atoms with Crippen molar-refractivity contribution in [1.82, 2.24) is 4.90 Å². The molecule has 0 spiro atoms. The Morgan fingerprint density at radius 3 is 2.44 bits per heavy atom. The first kappa shape index (κ1) is 23.5. The number of likely N-dealkylation sites (tertiary alicyclic amines) is 1. The predicted molar refractivity (Wildman–Crippen MR) is 127 cm³/mol. The summed E-state index contributed by atoms with van der Waals surface area (Å²) in [7, 11) is 0. The number of nitrogens with zero attached hydrogens (tertiary/aromatic N) is 1. The van der Waals surface area contributed by atoms with Gasteiger partial charge in [0.25, 0.3) is 0 Å². The van der Waals surface area contributed by atoms with Crippen LogP contribution in [0.15, 0.2) is 42.5 Å². The van der Waals surface area contributed by atoms with Crippen LogP contribution in [0.25, 0.3) is 0 Å². The summed E-state index contributed by atoms with van der Waals surface area (Å²) in [5.74, 6) is -0.524. The summed E-state index contributed by atoms with van der Waals surface area (Å²) in [6, 6.07) is 13.8. The number of benzene rings is 2. The second kappa shape index (κ2) is 9.80. The molecular formula is C28H34F3NO2. The van der Waals surface area contributed by atoms with E-state index in [1.165, 1.54) is 11.1 Å². The molecule has 1 heterocycles. The Morgan fingerprint density at radius 2 is 1.74 bits per heavy atom. The molecular weight excluding hydrogens is 439 g/mol. The molecule has 1 saturated heterocycles. The second-order valence-corrected chi connectivity index (χ2v) is 10.5. The summed E-state index contributed by atoms with van der Waals surface area (Å²) in [4.78, 5) is 2.20. The Kier molecular flexibility index (Phi) is 6.79. The highest BCUT2D eigenvalue weighted by atomic mass is 19.3. The van der Waals surface area contributed by atoms with Crippen molar-refractivity contribution in [2.24, 2.45) is 17.8 Å². The summed E-state index contributed by atoms with van der Waals surface area (Å²) in [5.41, 5.74) is 3.54. The summed E-state index contributed by atoms with van der Waals surface area (Å²) in [6.07, 6.45) is 2.94. The maximum absolute atomic E-state index is 13.8. The number of hydrogen-bond acceptors (Lipinski definition) is 3. The van der Waals surface area contributed by atoms with E-state index < -0.39 is 5.92 Å². The van der Waals surface area contributed by atoms with Crippen LogP contribution in [-0.4, -0.2) is 48.8 Å². The molecule has 2 fully saturated rings. The SMILES string of the molecule is Oc1ccc2c(c1)CCC(C1CCC(F)(F)CC1)[C@H]2c1ccc(OCCN2CC(CF)C2)cc1. The summed E-state index contributed by atoms with van der Waals surface area (Å²) >= 11 is 0. The van der Waals surface area contributed by atoms with Gasteiger partial charge < -0.3 is 9.84 Å². The van der Waals surface area contributed by atoms with Gasteiger partial charge in [0.05, 0.1) is 6.67 Å². The minimum absolute atomic E-state index is 0.0147. The topological polar surface area (TPSA) is 32.7 Å². The van der Waals surface area contributed by atoms with Crippen LogP contribution in [-0.2, 0) is 6.42 Å². The van der Waals surface area contributed by atoms with E-state index in [1.807, 2.05) is 24.3 Å². The predicted octanol–water partition coefficient (Wildman–Crippen LogP) is 6.19. The Hall–Kier alpha value is -2.21. The molecule has 0 aromatic heterocycles. The fourth-order valence-electron chi connectivity index (χ4n) is 6.28. The van der Waals surface area contributed by atoms with E-state index in [-0.39, 0.29) is 43.0 Å². The number of aryl methyl sites for hydroxylation is 1. The van der Waals surface area contributed by atoms with Crippen LogP contribution in [0.4, 0.5) is 13.2 Å². The zero-order valence-electron chi connectivity index (χ0n) is 19.6. The van der Waals surface area contributed by atoms with Gasteiger partial charge in [-0.3, -0.25) is 9.29 Å². The monoisotopic (exact) mass is 473 g/mol. The molecule has 2 aromatic rings. The second-order valence-electron chi connectivity index (χ2n) is 10.5. The maximum atomic E-state index is 13.8. The lowest BCUT2D eigenvalue weighted by Crippen LogP contribution is -2.49. The van der Waals surface area contributed by atoms with Crippen molar-refractivity contribution in [3.63, 3.8) is 0 Å². The molecule has 1 N–H and O–H groups in total. The van der Waals surface area contributed by atoms with E-state index in [0.717, 1.165) is 43.8 Å². The Bertz CT molecular complexity index is 964. The highest BCUT2D eigenvalue weighted by Gasteiger charge is 2.42. The standard InChI is InChI=1S/C28H34F3NO2/c29-16-19-17-32(18-19)13-14-34-24-5-1-21(2-6-24)27-25(20-9-11-28(30,31)12-10-20)7-3-22-15-23(33)4-8-26(22)27/h1-2,4-6,8,15,19-20,25,27,33H,3,7,9-14,16-18H2/t25?,27-/m1/s1. The molecule has 2 aromatic carbocycles. The lowest BCUT2D eigenvalue weighted by atomic mass is 9.64. The third-order valence-electron chi connectivity index (χ3n) is 8.17. The van der Waals surface area contributed by atoms with Gasteiger partial charge >= 0.3 is 0 Å². The Morgan fingerprint density at radius 1 is 1.00 bits per heavy atom. The van der Waals surface area contributed by atoms with Crippen LogP contribution >= 0.6 is 0 Å². The molecule has 3 nitrogen and oxygen atoms in total. The van der Waals surface area contributed by atoms with Crippen molar-refractivity contribution in [2.75, 3.05) is 32.9 Å². The van der Waals surface area contributed by atoms with Crippen LogP contribution in [0.3, 0.4) is 0 Å². The summed E-state index contributed by atoms with van der Waals surface area (Å²) < 4.78 is 46.2. The van der Waals surface area contributed by atoms with Gasteiger partial charge in [-0.15, -0.1) is 0 Å². The van der Waals surface area contributed by atoms with Gasteiger partial charge in [0.15, 0.2) is 0 Å². The van der Waals surface area contributed by atoms with Crippen molar-refractivity contribution >= 4 is 0 Å². The van der Waals surface area contributed by atoms with E-state index in [4.69, 9.17) is 4.74 Å². The maximum Gasteiger partial charge on any atom is 0.248 e. The quantitative estimate of drug-likeness (QED) is 0.520. The molecule has 1 saturated carbocycles. The molecule has 1 aliphatic heterocycles. The average molecular weight is 474 g/mol. The smallest absolute Gasteiger partial charge is 0.248 e. The minimum Gasteiger partial charge on any atom is -0.508 e. The van der Waals surface area contributed by atoms with Crippen molar-refractivity contribution in [2.45, 2.75) is 50.4 Å². The molecule has 184 valence electrons. The van der Waals surface area contributed by atoms with Crippen LogP contribution in [0.2, 0.25) is 0 Å². The number of halogens is 3. The molecule has 34 heavy (non-hydrogen) atoms. The number of rotatable bonds is 7. The fraction of sp³-hybridized carbons (Fsp3) is 0.571. The molecule has 0 amide bonds. The normalized spacial score (nSPS) is 25.5. The van der Waals surface area contributed by atoms with Gasteiger partial charge in [0.1, 0.15) is 18.1 Å².